The Hall–Kier alpha value is -3.92. The number of likely N-dealkylation sites (N-methyl/N-ethyl adjacent to an activating group) is 1. The molecule has 15 heteroatoms. The van der Waals surface area contributed by atoms with Crippen molar-refractivity contribution in [3.63, 3.8) is 0 Å². The number of thiazole rings is 1. The third kappa shape index (κ3) is 6.69. The van der Waals surface area contributed by atoms with E-state index in [1.807, 2.05) is 6.07 Å². The lowest BCUT2D eigenvalue weighted by Crippen LogP contribution is -2.25. The lowest BCUT2D eigenvalue weighted by molar-refractivity contribution is -0.110. The van der Waals surface area contributed by atoms with Crippen molar-refractivity contribution in [3.05, 3.63) is 59.9 Å². The molecular weight excluding hydrogens is 594 g/mol. The van der Waals surface area contributed by atoms with Crippen molar-refractivity contribution in [2.75, 3.05) is 38.7 Å². The molecule has 2 atom stereocenters. The predicted octanol–water partition coefficient (Wildman–Crippen LogP) is 2.63. The number of aryl methyl sites for hydroxylation is 1. The quantitative estimate of drug-likeness (QED) is 0.206. The van der Waals surface area contributed by atoms with Crippen LogP contribution in [0.3, 0.4) is 0 Å². The van der Waals surface area contributed by atoms with Crippen LogP contribution >= 0.6 is 11.3 Å². The predicted molar refractivity (Wildman–Crippen MR) is 160 cm³/mol. The van der Waals surface area contributed by atoms with E-state index in [2.05, 4.69) is 37.5 Å². The zero-order chi connectivity index (χ0) is 30.0. The van der Waals surface area contributed by atoms with Gasteiger partial charge in [0.15, 0.2) is 27.3 Å². The first-order valence-corrected chi connectivity index (χ1v) is 16.2. The molecule has 0 saturated carbocycles. The van der Waals surface area contributed by atoms with E-state index < -0.39 is 21.0 Å². The highest BCUT2D eigenvalue weighted by molar-refractivity contribution is 7.92. The van der Waals surface area contributed by atoms with Crippen molar-refractivity contribution in [2.24, 2.45) is 12.2 Å². The van der Waals surface area contributed by atoms with Gasteiger partial charge in [0.2, 0.25) is 5.88 Å². The van der Waals surface area contributed by atoms with Crippen molar-refractivity contribution in [1.82, 2.24) is 24.6 Å². The summed E-state index contributed by atoms with van der Waals surface area (Å²) < 4.78 is 38.9. The highest BCUT2D eigenvalue weighted by Crippen LogP contribution is 2.28. The summed E-state index contributed by atoms with van der Waals surface area (Å²) in [6.07, 6.45) is 3.24. The minimum absolute atomic E-state index is 0.0381. The van der Waals surface area contributed by atoms with Crippen LogP contribution < -0.4 is 10.1 Å². The number of fused-ring (bicyclic) bond motifs is 1. The van der Waals surface area contributed by atoms with Crippen LogP contribution in [0.25, 0.3) is 10.3 Å². The van der Waals surface area contributed by atoms with Gasteiger partial charge in [-0.15, -0.1) is 0 Å². The fourth-order valence-corrected chi connectivity index (χ4v) is 7.32. The van der Waals surface area contributed by atoms with Crippen molar-refractivity contribution in [2.45, 2.75) is 35.7 Å². The number of carbonyl (C=O) groups is 1. The highest BCUT2D eigenvalue weighted by Gasteiger charge is 2.31. The number of ether oxygens (including phenoxy) is 2. The number of carbonyl (C=O) groups excluding carboxylic acids is 1. The Bertz CT molecular complexity index is 1750. The fourth-order valence-electron chi connectivity index (χ4n) is 4.92. The number of sulfone groups is 1. The molecule has 2 saturated heterocycles. The van der Waals surface area contributed by atoms with Crippen LogP contribution in [0, 0.1) is 0 Å². The molecule has 2 aliphatic heterocycles. The zero-order valence-corrected chi connectivity index (χ0v) is 25.3. The molecule has 0 spiro atoms. The van der Waals surface area contributed by atoms with Crippen LogP contribution in [0.1, 0.15) is 24.1 Å². The second-order valence-electron chi connectivity index (χ2n) is 10.5. The van der Waals surface area contributed by atoms with E-state index in [-0.39, 0.29) is 29.9 Å². The Morgan fingerprint density at radius 2 is 1.98 bits per heavy atom. The molecule has 0 bridgehead atoms. The molecule has 0 aliphatic carbocycles. The smallest absolute Gasteiger partial charge is 0.280 e. The van der Waals surface area contributed by atoms with E-state index in [0.29, 0.717) is 45.6 Å². The third-order valence-corrected chi connectivity index (χ3v) is 10.3. The molecule has 4 aromatic rings. The normalized spacial score (nSPS) is 19.6. The Morgan fingerprint density at radius 3 is 2.67 bits per heavy atom. The van der Waals surface area contributed by atoms with Gasteiger partial charge in [0.25, 0.3) is 5.91 Å². The number of pyridine rings is 1. The van der Waals surface area contributed by atoms with Crippen LogP contribution in [-0.4, -0.2) is 89.4 Å². The monoisotopic (exact) mass is 625 g/mol. The minimum Gasteiger partial charge on any atom is -0.473 e. The number of likely N-dealkylation sites (tertiary alicyclic amines) is 1. The number of oxime groups is 1. The van der Waals surface area contributed by atoms with Crippen LogP contribution in [0.5, 0.6) is 5.88 Å². The average Bonchev–Trinajstić information content (AvgIpc) is 3.80. The van der Waals surface area contributed by atoms with E-state index in [4.69, 9.17) is 14.3 Å². The molecule has 226 valence electrons. The number of amides is 1. The molecule has 6 rings (SSSR count). The van der Waals surface area contributed by atoms with Crippen molar-refractivity contribution >= 4 is 48.3 Å². The summed E-state index contributed by atoms with van der Waals surface area (Å²) in [6, 6.07) is 11.4. The zero-order valence-electron chi connectivity index (χ0n) is 23.7. The van der Waals surface area contributed by atoms with E-state index in [1.165, 1.54) is 35.6 Å². The van der Waals surface area contributed by atoms with Crippen molar-refractivity contribution in [1.29, 1.82) is 0 Å². The average molecular weight is 626 g/mol. The van der Waals surface area contributed by atoms with Gasteiger partial charge in [-0.2, -0.15) is 5.10 Å². The van der Waals surface area contributed by atoms with Crippen LogP contribution in [-0.2, 0) is 37.9 Å². The lowest BCUT2D eigenvalue weighted by atomic mass is 10.1. The van der Waals surface area contributed by atoms with Gasteiger partial charge in [0.1, 0.15) is 22.1 Å². The SMILES string of the molecule is CN1CC[C@H](Oc2ccc3nc(NC(=O)/C(=N/OCc4ccn(C)n4)c4ccc(S(=O)(=O)[C@H]5CCOC5)cc4)sc3n2)C1. The second-order valence-corrected chi connectivity index (χ2v) is 13.7. The Morgan fingerprint density at radius 1 is 1.14 bits per heavy atom. The van der Waals surface area contributed by atoms with Gasteiger partial charge in [-0.05, 0) is 44.2 Å². The highest BCUT2D eigenvalue weighted by atomic mass is 32.2. The summed E-state index contributed by atoms with van der Waals surface area (Å²) in [6.45, 7) is 2.45. The van der Waals surface area contributed by atoms with Gasteiger partial charge >= 0.3 is 0 Å². The second kappa shape index (κ2) is 12.4. The molecule has 0 radical (unpaired) electrons. The van der Waals surface area contributed by atoms with Gasteiger partial charge in [0.05, 0.1) is 16.8 Å². The number of aromatic nitrogens is 4. The molecule has 13 nitrogen and oxygen atoms in total. The Kier molecular flexibility index (Phi) is 8.38. The number of hydrogen-bond donors (Lipinski definition) is 1. The number of nitrogens with zero attached hydrogens (tertiary/aromatic N) is 6. The molecule has 5 heterocycles. The number of hydrogen-bond acceptors (Lipinski definition) is 12. The number of anilines is 1. The van der Waals surface area contributed by atoms with Crippen molar-refractivity contribution in [3.8, 4) is 5.88 Å². The maximum absolute atomic E-state index is 13.5. The van der Waals surface area contributed by atoms with Gasteiger partial charge in [-0.25, -0.2) is 18.4 Å². The summed E-state index contributed by atoms with van der Waals surface area (Å²) in [7, 11) is 0.278. The molecule has 2 fully saturated rings. The molecule has 1 aromatic carbocycles. The maximum Gasteiger partial charge on any atom is 0.280 e. The summed E-state index contributed by atoms with van der Waals surface area (Å²) >= 11 is 1.21. The fraction of sp³-hybridized carbons (Fsp3) is 0.393. The summed E-state index contributed by atoms with van der Waals surface area (Å²) in [4.78, 5) is 31.1. The lowest BCUT2D eigenvalue weighted by Gasteiger charge is -2.12. The van der Waals surface area contributed by atoms with E-state index in [9.17, 15) is 13.2 Å². The molecule has 1 N–H and O–H groups in total. The first-order chi connectivity index (χ1) is 20.7. The van der Waals surface area contributed by atoms with E-state index in [1.54, 1.807) is 30.1 Å². The standard InChI is InChI=1S/C28H31N7O6S2/c1-34-12-10-20(15-34)41-24-8-7-23-27(30-24)42-28(29-23)31-26(36)25(33-40-16-19-9-13-35(2)32-19)18-3-5-21(6-4-18)43(37,38)22-11-14-39-17-22/h3-9,13,20,22H,10-12,14-17H2,1-2H3,(H,29,31,36)/b33-25+/t20-,22-/m0/s1. The van der Waals surface area contributed by atoms with Crippen LogP contribution in [0.2, 0.25) is 0 Å². The molecular formula is C28H31N7O6S2. The molecule has 43 heavy (non-hydrogen) atoms. The van der Waals surface area contributed by atoms with Crippen LogP contribution in [0.15, 0.2) is 58.7 Å². The van der Waals surface area contributed by atoms with Gasteiger partial charge in [-0.1, -0.05) is 28.6 Å². The first kappa shape index (κ1) is 29.2. The maximum atomic E-state index is 13.5. The third-order valence-electron chi connectivity index (χ3n) is 7.22. The molecule has 3 aromatic heterocycles. The van der Waals surface area contributed by atoms with Gasteiger partial charge < -0.3 is 19.2 Å². The summed E-state index contributed by atoms with van der Waals surface area (Å²) in [5.74, 6) is -0.0657. The molecule has 1 amide bonds. The topological polar surface area (TPSA) is 150 Å². The van der Waals surface area contributed by atoms with Gasteiger partial charge in [-0.3, -0.25) is 14.8 Å². The largest absolute Gasteiger partial charge is 0.473 e. The number of benzene rings is 1. The van der Waals surface area contributed by atoms with Gasteiger partial charge in [0, 0.05) is 44.6 Å². The minimum atomic E-state index is -3.56. The van der Waals surface area contributed by atoms with Crippen LogP contribution in [0.4, 0.5) is 5.13 Å². The molecule has 0 unspecified atom stereocenters. The number of nitrogens with one attached hydrogen (secondary N) is 1. The van der Waals surface area contributed by atoms with E-state index >= 15 is 0 Å². The number of rotatable bonds is 10. The first-order valence-electron chi connectivity index (χ1n) is 13.8. The summed E-state index contributed by atoms with van der Waals surface area (Å²) in [5, 5.41) is 10.9. The summed E-state index contributed by atoms with van der Waals surface area (Å²) in [5.41, 5.74) is 1.57. The Balaban J connectivity index is 1.21. The molecule has 2 aliphatic rings. The van der Waals surface area contributed by atoms with E-state index in [0.717, 1.165) is 19.5 Å². The Labute approximate surface area is 252 Å². The van der Waals surface area contributed by atoms with Crippen molar-refractivity contribution < 1.29 is 27.5 Å².